The molecular weight excluding hydrogens is 490 g/mol. The number of aliphatic imine (C=N–C) groups is 1. The summed E-state index contributed by atoms with van der Waals surface area (Å²) in [6, 6.07) is 0. The maximum Gasteiger partial charge on any atom is 0.478 e. The molecule has 0 amide bonds. The number of aromatic nitrogens is 3. The lowest BCUT2D eigenvalue weighted by Crippen LogP contribution is -2.32. The van der Waals surface area contributed by atoms with Gasteiger partial charge in [0.25, 0.3) is 7.82 Å². The Labute approximate surface area is 187 Å². The van der Waals surface area contributed by atoms with Crippen molar-refractivity contribution < 1.29 is 56.3 Å². The van der Waals surface area contributed by atoms with Gasteiger partial charge < -0.3 is 38.4 Å². The molecule has 18 heteroatoms. The minimum Gasteiger partial charge on any atom is -0.857 e. The number of phosphoric acid groups is 2. The molecule has 3 aliphatic heterocycles. The van der Waals surface area contributed by atoms with Gasteiger partial charge in [-0.05, 0) is 13.8 Å². The van der Waals surface area contributed by atoms with Gasteiger partial charge in [-0.25, -0.2) is 13.6 Å². The lowest BCUT2D eigenvalue weighted by atomic mass is 10.1. The Morgan fingerprint density at radius 3 is 2.73 bits per heavy atom. The molecular formula is C15H22N4O12P2-2. The van der Waals surface area contributed by atoms with E-state index in [1.807, 2.05) is 0 Å². The molecule has 16 nitrogen and oxygen atoms in total. The zero-order valence-corrected chi connectivity index (χ0v) is 19.3. The van der Waals surface area contributed by atoms with Crippen molar-refractivity contribution in [1.29, 1.82) is 0 Å². The predicted octanol–water partition coefficient (Wildman–Crippen LogP) is -1.55. The molecule has 1 N–H and O–H groups in total. The van der Waals surface area contributed by atoms with Gasteiger partial charge in [-0.1, -0.05) is 5.21 Å². The molecule has 0 saturated carbocycles. The van der Waals surface area contributed by atoms with E-state index in [1.54, 1.807) is 13.8 Å². The fourth-order valence-corrected chi connectivity index (χ4v) is 5.47. The van der Waals surface area contributed by atoms with Crippen LogP contribution in [-0.2, 0) is 41.4 Å². The van der Waals surface area contributed by atoms with Gasteiger partial charge in [0.05, 0.1) is 39.2 Å². The normalized spacial score (nSPS) is 40.3. The molecule has 4 heterocycles. The standard InChI is InChI=1S/C15H24N4O12P2/c1-15(2)29-11-10-8-27-33(23,24)31-32(21,22)26-6-5-25-4-3-16-13(20)9-7-19(18-17-9)14(28-10)12(11)30-15/h7,10-12,14H,3-6,8H2,1-2H3,(H,16,20)(H,21,22)(H,23,24)/p-2/t10-,11-,12-,14-/m1/s1. The summed E-state index contributed by atoms with van der Waals surface area (Å²) in [5.74, 6) is -1.67. The third-order valence-corrected chi connectivity index (χ3v) is 7.29. The van der Waals surface area contributed by atoms with E-state index < -0.39 is 65.1 Å². The van der Waals surface area contributed by atoms with Gasteiger partial charge in [-0.15, -0.1) is 5.10 Å². The summed E-state index contributed by atoms with van der Waals surface area (Å²) in [7, 11) is -10.3. The number of nitrogens with zero attached hydrogens (tertiary/aromatic N) is 4. The summed E-state index contributed by atoms with van der Waals surface area (Å²) in [4.78, 5) is 25.5. The highest BCUT2D eigenvalue weighted by Crippen LogP contribution is 2.58. The van der Waals surface area contributed by atoms with E-state index in [1.165, 1.54) is 10.9 Å². The first-order valence-corrected chi connectivity index (χ1v) is 12.8. The number of rotatable bonds is 0. The first kappa shape index (κ1) is 24.8. The molecule has 33 heavy (non-hydrogen) atoms. The fraction of sp³-hybridized carbons (Fsp3) is 0.800. The van der Waals surface area contributed by atoms with Crippen LogP contribution in [0.15, 0.2) is 11.2 Å². The number of hydrogen-bond acceptors (Lipinski definition) is 14. The highest BCUT2D eigenvalue weighted by atomic mass is 31.3. The number of phosphoric ester groups is 2. The highest BCUT2D eigenvalue weighted by Gasteiger charge is 2.56. The van der Waals surface area contributed by atoms with Crippen molar-refractivity contribution in [1.82, 2.24) is 15.0 Å². The third-order valence-electron chi connectivity index (χ3n) is 4.69. The molecule has 1 aromatic rings. The molecule has 4 bridgehead atoms. The first-order chi connectivity index (χ1) is 15.4. The van der Waals surface area contributed by atoms with Crippen LogP contribution >= 0.6 is 15.6 Å². The first-order valence-electron chi connectivity index (χ1n) is 9.81. The Bertz CT molecular complexity index is 986. The molecule has 0 radical (unpaired) electrons. The van der Waals surface area contributed by atoms with Crippen LogP contribution in [-0.4, -0.2) is 82.9 Å². The van der Waals surface area contributed by atoms with Crippen molar-refractivity contribution in [3.8, 4) is 0 Å². The van der Waals surface area contributed by atoms with Crippen LogP contribution in [0.5, 0.6) is 0 Å². The van der Waals surface area contributed by atoms with Gasteiger partial charge in [-0.3, -0.25) is 14.1 Å². The Morgan fingerprint density at radius 2 is 1.94 bits per heavy atom. The van der Waals surface area contributed by atoms with Crippen molar-refractivity contribution >= 4 is 21.5 Å². The number of hydrogen-bond donors (Lipinski definition) is 1. The zero-order chi connectivity index (χ0) is 23.9. The van der Waals surface area contributed by atoms with Crippen molar-refractivity contribution in [2.75, 3.05) is 33.0 Å². The number of ether oxygens (including phenoxy) is 4. The summed E-state index contributed by atoms with van der Waals surface area (Å²) in [6.45, 7) is 1.96. The number of fused-ring (bicyclic) bond motifs is 8. The summed E-state index contributed by atoms with van der Waals surface area (Å²) in [5, 5.41) is 19.9. The van der Waals surface area contributed by atoms with E-state index in [-0.39, 0.29) is 25.5 Å². The van der Waals surface area contributed by atoms with Crippen LogP contribution in [0.3, 0.4) is 0 Å². The molecule has 3 aliphatic rings. The molecule has 0 aromatic carbocycles. The molecule has 4 rings (SSSR count). The van der Waals surface area contributed by atoms with Crippen LogP contribution < -0.4 is 10.00 Å². The van der Waals surface area contributed by atoms with E-state index in [9.17, 15) is 24.0 Å². The Kier molecular flexibility index (Phi) is 7.07. The second-order valence-corrected chi connectivity index (χ2v) is 10.6. The summed E-state index contributed by atoms with van der Waals surface area (Å²) < 4.78 is 61.3. The molecule has 6 atom stereocenters. The van der Waals surface area contributed by atoms with Gasteiger partial charge in [0.2, 0.25) is 0 Å². The van der Waals surface area contributed by atoms with Crippen molar-refractivity contribution in [3.63, 3.8) is 0 Å². The largest absolute Gasteiger partial charge is 0.857 e. The van der Waals surface area contributed by atoms with Crippen molar-refractivity contribution in [2.45, 2.75) is 44.2 Å². The van der Waals surface area contributed by atoms with E-state index in [0.717, 1.165) is 0 Å². The lowest BCUT2D eigenvalue weighted by Gasteiger charge is -2.26. The van der Waals surface area contributed by atoms with Crippen LogP contribution in [0, 0.1) is 0 Å². The Morgan fingerprint density at radius 1 is 1.18 bits per heavy atom. The second kappa shape index (κ2) is 9.40. The second-order valence-electron chi connectivity index (χ2n) is 7.64. The van der Waals surface area contributed by atoms with Gasteiger partial charge in [0.15, 0.2) is 12.0 Å². The smallest absolute Gasteiger partial charge is 0.478 e. The monoisotopic (exact) mass is 512 g/mol. The quantitative estimate of drug-likeness (QED) is 0.391. The minimum absolute atomic E-state index is 0.0215. The van der Waals surface area contributed by atoms with Crippen molar-refractivity contribution in [3.05, 3.63) is 11.9 Å². The van der Waals surface area contributed by atoms with Crippen LogP contribution in [0.1, 0.15) is 25.8 Å². The van der Waals surface area contributed by atoms with Gasteiger partial charge in [0.1, 0.15) is 24.0 Å². The molecule has 1 aromatic heterocycles. The van der Waals surface area contributed by atoms with Gasteiger partial charge in [0, 0.05) is 5.90 Å². The van der Waals surface area contributed by atoms with Crippen LogP contribution in [0.2, 0.25) is 0 Å². The minimum atomic E-state index is -5.19. The third kappa shape index (κ3) is 6.05. The van der Waals surface area contributed by atoms with Crippen molar-refractivity contribution in [2.24, 2.45) is 4.99 Å². The van der Waals surface area contributed by atoms with E-state index >= 15 is 0 Å². The maximum absolute atomic E-state index is 12.2. The van der Waals surface area contributed by atoms with E-state index in [2.05, 4.69) is 24.1 Å². The van der Waals surface area contributed by atoms with Crippen LogP contribution in [0.25, 0.3) is 0 Å². The zero-order valence-electron chi connectivity index (χ0n) is 17.5. The molecule has 0 aliphatic carbocycles. The van der Waals surface area contributed by atoms with E-state index in [0.29, 0.717) is 0 Å². The Hall–Kier alpha value is -1.29. The molecule has 186 valence electrons. The van der Waals surface area contributed by atoms with E-state index in [4.69, 9.17) is 23.5 Å². The fourth-order valence-electron chi connectivity index (χ4n) is 3.45. The molecule has 2 unspecified atom stereocenters. The molecule has 2 saturated heterocycles. The average Bonchev–Trinajstić information content (AvgIpc) is 3.37. The predicted molar refractivity (Wildman–Crippen MR) is 100 cm³/mol. The Balaban J connectivity index is 1.59. The summed E-state index contributed by atoms with van der Waals surface area (Å²) >= 11 is 0. The highest BCUT2D eigenvalue weighted by molar-refractivity contribution is 7.60. The van der Waals surface area contributed by atoms with Crippen LogP contribution in [0.4, 0.5) is 0 Å². The van der Waals surface area contributed by atoms with Gasteiger partial charge in [-0.2, -0.15) is 0 Å². The maximum atomic E-state index is 12.2. The molecule has 0 spiro atoms. The lowest BCUT2D eigenvalue weighted by molar-refractivity contribution is -0.219. The summed E-state index contributed by atoms with van der Waals surface area (Å²) in [5.41, 5.74) is -0.0465. The SMILES string of the molecule is CC1(C)O[C@@H]2[C@H](O1)[C@H]1COP(=O)(O)OP(=O)([O-])OCCOCCN=C([O-])c3cn(nn3)[C@@H]2O1. The topological polar surface area (TPSA) is 208 Å². The van der Waals surface area contributed by atoms with Gasteiger partial charge >= 0.3 is 7.82 Å². The average molecular weight is 512 g/mol. The molecule has 2 fully saturated rings. The summed E-state index contributed by atoms with van der Waals surface area (Å²) in [6.07, 6.45) is -2.13.